The fraction of sp³-hybridized carbons (Fsp3) is 0.500. The van der Waals surface area contributed by atoms with Crippen LogP contribution in [0.15, 0.2) is 29.2 Å². The fourth-order valence-electron chi connectivity index (χ4n) is 1.57. The normalized spacial score (nSPS) is 15.5. The molecule has 0 bridgehead atoms. The second kappa shape index (κ2) is 5.67. The SMILES string of the molecule is COCC(C)(I)CS(=O)(=O)c1ccc(C)cc1. The van der Waals surface area contributed by atoms with E-state index in [1.807, 2.05) is 26.0 Å². The van der Waals surface area contributed by atoms with E-state index in [0.717, 1.165) is 5.56 Å². The average Bonchev–Trinajstić information content (AvgIpc) is 2.16. The van der Waals surface area contributed by atoms with Gasteiger partial charge >= 0.3 is 0 Å². The Hall–Kier alpha value is -0.140. The average molecular weight is 368 g/mol. The molecule has 17 heavy (non-hydrogen) atoms. The maximum Gasteiger partial charge on any atom is 0.179 e. The molecule has 0 amide bonds. The van der Waals surface area contributed by atoms with E-state index in [1.165, 1.54) is 0 Å². The van der Waals surface area contributed by atoms with Crippen molar-refractivity contribution in [1.82, 2.24) is 0 Å². The molecule has 1 aromatic rings. The lowest BCUT2D eigenvalue weighted by atomic mass is 10.2. The van der Waals surface area contributed by atoms with Crippen LogP contribution in [0.4, 0.5) is 0 Å². The van der Waals surface area contributed by atoms with Crippen LogP contribution in [0.5, 0.6) is 0 Å². The molecule has 1 unspecified atom stereocenters. The molecule has 0 spiro atoms. The number of hydrogen-bond acceptors (Lipinski definition) is 3. The van der Waals surface area contributed by atoms with Crippen LogP contribution in [0.25, 0.3) is 0 Å². The minimum atomic E-state index is -3.24. The van der Waals surface area contributed by atoms with E-state index >= 15 is 0 Å². The maximum atomic E-state index is 12.2. The van der Waals surface area contributed by atoms with Crippen LogP contribution in [-0.4, -0.2) is 31.3 Å². The fourth-order valence-corrected chi connectivity index (χ4v) is 4.70. The third kappa shape index (κ3) is 4.56. The summed E-state index contributed by atoms with van der Waals surface area (Å²) in [5, 5.41) is 0. The number of ether oxygens (including phenoxy) is 1. The molecule has 5 heteroatoms. The number of hydrogen-bond donors (Lipinski definition) is 0. The standard InChI is InChI=1S/C12H17IO3S/c1-10-4-6-11(7-5-10)17(14,15)9-12(2,13)8-16-3/h4-7H,8-9H2,1-3H3. The van der Waals surface area contributed by atoms with Crippen LogP contribution in [-0.2, 0) is 14.6 Å². The monoisotopic (exact) mass is 368 g/mol. The van der Waals surface area contributed by atoms with Crippen molar-refractivity contribution in [1.29, 1.82) is 0 Å². The van der Waals surface area contributed by atoms with E-state index in [1.54, 1.807) is 19.2 Å². The second-order valence-corrected chi connectivity index (χ2v) is 9.01. The van der Waals surface area contributed by atoms with Gasteiger partial charge in [-0.25, -0.2) is 8.42 Å². The van der Waals surface area contributed by atoms with Crippen molar-refractivity contribution in [3.63, 3.8) is 0 Å². The van der Waals surface area contributed by atoms with Gasteiger partial charge in [-0.15, -0.1) is 0 Å². The smallest absolute Gasteiger partial charge is 0.179 e. The minimum absolute atomic E-state index is 0.0808. The van der Waals surface area contributed by atoms with Crippen molar-refractivity contribution < 1.29 is 13.2 Å². The maximum absolute atomic E-state index is 12.2. The molecule has 0 aliphatic rings. The quantitative estimate of drug-likeness (QED) is 0.593. The van der Waals surface area contributed by atoms with Crippen LogP contribution < -0.4 is 0 Å². The molecule has 0 N–H and O–H groups in total. The first kappa shape index (κ1) is 14.9. The summed E-state index contributed by atoms with van der Waals surface area (Å²) in [6.07, 6.45) is 0. The van der Waals surface area contributed by atoms with E-state index in [9.17, 15) is 8.42 Å². The molecule has 0 heterocycles. The first-order valence-corrected chi connectivity index (χ1v) is 7.97. The van der Waals surface area contributed by atoms with E-state index in [0.29, 0.717) is 11.5 Å². The summed E-state index contributed by atoms with van der Waals surface area (Å²) in [5.74, 6) is 0.0808. The molecule has 0 fully saturated rings. The first-order valence-electron chi connectivity index (χ1n) is 5.24. The van der Waals surface area contributed by atoms with Gasteiger partial charge in [-0.1, -0.05) is 40.3 Å². The number of benzene rings is 1. The Kier molecular flexibility index (Phi) is 4.97. The summed E-state index contributed by atoms with van der Waals surface area (Å²) in [6, 6.07) is 6.94. The third-order valence-corrected chi connectivity index (χ3v) is 5.53. The van der Waals surface area contributed by atoms with Gasteiger partial charge in [-0.2, -0.15) is 0 Å². The number of methoxy groups -OCH3 is 1. The molecule has 0 aromatic heterocycles. The van der Waals surface area contributed by atoms with Crippen LogP contribution in [0, 0.1) is 6.92 Å². The zero-order valence-electron chi connectivity index (χ0n) is 10.2. The summed E-state index contributed by atoms with van der Waals surface area (Å²) in [6.45, 7) is 4.23. The molecule has 0 saturated heterocycles. The van der Waals surface area contributed by atoms with Crippen LogP contribution in [0.1, 0.15) is 12.5 Å². The van der Waals surface area contributed by atoms with Crippen LogP contribution >= 0.6 is 22.6 Å². The zero-order chi connectivity index (χ0) is 13.1. The topological polar surface area (TPSA) is 43.4 Å². The molecule has 1 rings (SSSR count). The van der Waals surface area contributed by atoms with Gasteiger partial charge in [0.05, 0.1) is 20.7 Å². The first-order chi connectivity index (χ1) is 7.77. The lowest BCUT2D eigenvalue weighted by Gasteiger charge is -2.21. The number of aryl methyl sites for hydroxylation is 1. The highest BCUT2D eigenvalue weighted by molar-refractivity contribution is 14.1. The van der Waals surface area contributed by atoms with Gasteiger partial charge < -0.3 is 4.74 Å². The molecule has 0 saturated carbocycles. The Balaban J connectivity index is 2.93. The van der Waals surface area contributed by atoms with E-state index in [4.69, 9.17) is 4.74 Å². The van der Waals surface area contributed by atoms with Gasteiger partial charge in [0, 0.05) is 7.11 Å². The summed E-state index contributed by atoms with van der Waals surface area (Å²) >= 11 is 2.13. The van der Waals surface area contributed by atoms with Crippen molar-refractivity contribution in [3.05, 3.63) is 29.8 Å². The highest BCUT2D eigenvalue weighted by Crippen LogP contribution is 2.24. The van der Waals surface area contributed by atoms with E-state index < -0.39 is 13.3 Å². The molecule has 1 aromatic carbocycles. The second-order valence-electron chi connectivity index (χ2n) is 4.42. The lowest BCUT2D eigenvalue weighted by Crippen LogP contribution is -2.32. The Morgan fingerprint density at radius 3 is 2.29 bits per heavy atom. The molecule has 0 aliphatic heterocycles. The Morgan fingerprint density at radius 2 is 1.82 bits per heavy atom. The van der Waals surface area contributed by atoms with Gasteiger partial charge in [-0.3, -0.25) is 0 Å². The van der Waals surface area contributed by atoms with E-state index in [2.05, 4.69) is 22.6 Å². The molecule has 96 valence electrons. The molecular formula is C12H17IO3S. The predicted octanol–water partition coefficient (Wildman–Crippen LogP) is 2.61. The Morgan fingerprint density at radius 1 is 1.29 bits per heavy atom. The minimum Gasteiger partial charge on any atom is -0.383 e. The summed E-state index contributed by atoms with van der Waals surface area (Å²) in [7, 11) is -1.67. The van der Waals surface area contributed by atoms with Crippen molar-refractivity contribution in [3.8, 4) is 0 Å². The number of rotatable bonds is 5. The van der Waals surface area contributed by atoms with Gasteiger partial charge in [-0.05, 0) is 26.0 Å². The molecule has 3 nitrogen and oxygen atoms in total. The highest BCUT2D eigenvalue weighted by Gasteiger charge is 2.29. The third-order valence-electron chi connectivity index (χ3n) is 2.32. The lowest BCUT2D eigenvalue weighted by molar-refractivity contribution is 0.184. The van der Waals surface area contributed by atoms with Gasteiger partial charge in [0.2, 0.25) is 0 Å². The van der Waals surface area contributed by atoms with Gasteiger partial charge in [0.15, 0.2) is 9.84 Å². The summed E-state index contributed by atoms with van der Waals surface area (Å²) in [5.41, 5.74) is 1.05. The molecular weight excluding hydrogens is 351 g/mol. The zero-order valence-corrected chi connectivity index (χ0v) is 13.2. The summed E-state index contributed by atoms with van der Waals surface area (Å²) in [4.78, 5) is 0.377. The Bertz CT molecular complexity index is 463. The van der Waals surface area contributed by atoms with E-state index in [-0.39, 0.29) is 5.75 Å². The molecule has 0 aliphatic carbocycles. The molecule has 0 radical (unpaired) electrons. The molecule has 1 atom stereocenters. The number of alkyl halides is 1. The van der Waals surface area contributed by atoms with Gasteiger partial charge in [0.1, 0.15) is 0 Å². The largest absolute Gasteiger partial charge is 0.383 e. The highest BCUT2D eigenvalue weighted by atomic mass is 127. The van der Waals surface area contributed by atoms with Crippen molar-refractivity contribution >= 4 is 32.4 Å². The predicted molar refractivity (Wildman–Crippen MR) is 77.5 cm³/mol. The van der Waals surface area contributed by atoms with Crippen molar-refractivity contribution in [2.75, 3.05) is 19.5 Å². The van der Waals surface area contributed by atoms with Crippen LogP contribution in [0.2, 0.25) is 0 Å². The van der Waals surface area contributed by atoms with Crippen molar-refractivity contribution in [2.24, 2.45) is 0 Å². The van der Waals surface area contributed by atoms with Crippen LogP contribution in [0.3, 0.4) is 0 Å². The van der Waals surface area contributed by atoms with Crippen molar-refractivity contribution in [2.45, 2.75) is 22.2 Å². The Labute approximate surface area is 117 Å². The number of halogens is 1. The van der Waals surface area contributed by atoms with Gasteiger partial charge in [0.25, 0.3) is 0 Å². The summed E-state index contributed by atoms with van der Waals surface area (Å²) < 4.78 is 29.0. The number of sulfone groups is 1.